The van der Waals surface area contributed by atoms with Crippen LogP contribution < -0.4 is 5.32 Å². The zero-order valence-electron chi connectivity index (χ0n) is 14.5. The standard InChI is InChI=1S/C18H28N2O3/c1-12(2)17(21)20-16(18(3,4)22)15-7-5-6-14(19-15)13-8-10-23-11-9-13/h5-7,12-13,16,22H,8-11H2,1-4H3,(H,20,21). The van der Waals surface area contributed by atoms with Crippen molar-refractivity contribution in [2.75, 3.05) is 13.2 Å². The van der Waals surface area contributed by atoms with Crippen LogP contribution in [0.4, 0.5) is 0 Å². The molecule has 128 valence electrons. The fraction of sp³-hybridized carbons (Fsp3) is 0.667. The second-order valence-electron chi connectivity index (χ2n) is 7.12. The first-order valence-electron chi connectivity index (χ1n) is 8.36. The Hall–Kier alpha value is -1.46. The van der Waals surface area contributed by atoms with Gasteiger partial charge in [0.15, 0.2) is 0 Å². The van der Waals surface area contributed by atoms with Crippen molar-refractivity contribution in [3.05, 3.63) is 29.6 Å². The summed E-state index contributed by atoms with van der Waals surface area (Å²) in [6, 6.07) is 5.31. The largest absolute Gasteiger partial charge is 0.388 e. The van der Waals surface area contributed by atoms with Crippen LogP contribution in [0, 0.1) is 5.92 Å². The predicted octanol–water partition coefficient (Wildman–Crippen LogP) is 2.56. The molecule has 0 aromatic carbocycles. The Labute approximate surface area is 138 Å². The molecule has 1 aliphatic rings. The van der Waals surface area contributed by atoms with Gasteiger partial charge >= 0.3 is 0 Å². The molecule has 0 bridgehead atoms. The first kappa shape index (κ1) is 17.9. The van der Waals surface area contributed by atoms with Gasteiger partial charge in [0, 0.05) is 30.7 Å². The molecule has 0 spiro atoms. The Morgan fingerprint density at radius 3 is 2.57 bits per heavy atom. The normalized spacial score (nSPS) is 18.0. The van der Waals surface area contributed by atoms with E-state index in [1.54, 1.807) is 13.8 Å². The van der Waals surface area contributed by atoms with E-state index in [1.807, 2.05) is 32.0 Å². The molecule has 5 nitrogen and oxygen atoms in total. The highest BCUT2D eigenvalue weighted by molar-refractivity contribution is 5.78. The summed E-state index contributed by atoms with van der Waals surface area (Å²) in [4.78, 5) is 16.8. The first-order chi connectivity index (χ1) is 10.8. The maximum absolute atomic E-state index is 12.1. The minimum atomic E-state index is -1.09. The fourth-order valence-electron chi connectivity index (χ4n) is 2.77. The van der Waals surface area contributed by atoms with E-state index in [9.17, 15) is 9.90 Å². The van der Waals surface area contributed by atoms with Gasteiger partial charge in [0.1, 0.15) is 0 Å². The molecular weight excluding hydrogens is 292 g/mol. The lowest BCUT2D eigenvalue weighted by molar-refractivity contribution is -0.126. The Morgan fingerprint density at radius 2 is 2.00 bits per heavy atom. The molecule has 0 radical (unpaired) electrons. The van der Waals surface area contributed by atoms with Gasteiger partial charge < -0.3 is 15.2 Å². The van der Waals surface area contributed by atoms with Crippen molar-refractivity contribution in [2.45, 2.75) is 58.1 Å². The van der Waals surface area contributed by atoms with Crippen LogP contribution in [0.5, 0.6) is 0 Å². The number of pyridine rings is 1. The van der Waals surface area contributed by atoms with Crippen LogP contribution in [-0.2, 0) is 9.53 Å². The molecule has 1 aromatic heterocycles. The summed E-state index contributed by atoms with van der Waals surface area (Å²) in [7, 11) is 0. The predicted molar refractivity (Wildman–Crippen MR) is 89.1 cm³/mol. The summed E-state index contributed by atoms with van der Waals surface area (Å²) in [5, 5.41) is 13.4. The van der Waals surface area contributed by atoms with Crippen LogP contribution in [0.3, 0.4) is 0 Å². The van der Waals surface area contributed by atoms with Crippen LogP contribution in [-0.4, -0.2) is 34.8 Å². The maximum atomic E-state index is 12.1. The van der Waals surface area contributed by atoms with E-state index < -0.39 is 11.6 Å². The Morgan fingerprint density at radius 1 is 1.35 bits per heavy atom. The minimum absolute atomic E-state index is 0.0876. The van der Waals surface area contributed by atoms with Gasteiger partial charge in [0.25, 0.3) is 0 Å². The third kappa shape index (κ3) is 4.75. The van der Waals surface area contributed by atoms with E-state index >= 15 is 0 Å². The van der Waals surface area contributed by atoms with Crippen molar-refractivity contribution < 1.29 is 14.6 Å². The van der Waals surface area contributed by atoms with Crippen LogP contribution in [0.15, 0.2) is 18.2 Å². The summed E-state index contributed by atoms with van der Waals surface area (Å²) in [5.41, 5.74) is 0.626. The topological polar surface area (TPSA) is 71.5 Å². The summed E-state index contributed by atoms with van der Waals surface area (Å²) < 4.78 is 5.41. The quantitative estimate of drug-likeness (QED) is 0.874. The Kier molecular flexibility index (Phi) is 5.76. The van der Waals surface area contributed by atoms with Crippen molar-refractivity contribution in [3.8, 4) is 0 Å². The second kappa shape index (κ2) is 7.41. The molecule has 1 fully saturated rings. The summed E-state index contributed by atoms with van der Waals surface area (Å²) >= 11 is 0. The number of nitrogens with zero attached hydrogens (tertiary/aromatic N) is 1. The molecular formula is C18H28N2O3. The van der Waals surface area contributed by atoms with Crippen molar-refractivity contribution in [3.63, 3.8) is 0 Å². The number of nitrogens with one attached hydrogen (secondary N) is 1. The van der Waals surface area contributed by atoms with Gasteiger partial charge in [-0.15, -0.1) is 0 Å². The van der Waals surface area contributed by atoms with Gasteiger partial charge in [-0.2, -0.15) is 0 Å². The van der Waals surface area contributed by atoms with Gasteiger partial charge in [0.05, 0.1) is 17.3 Å². The lowest BCUT2D eigenvalue weighted by Crippen LogP contribution is -2.44. The number of carbonyl (C=O) groups is 1. The number of hydrogen-bond donors (Lipinski definition) is 2. The third-order valence-electron chi connectivity index (χ3n) is 4.24. The van der Waals surface area contributed by atoms with E-state index in [0.717, 1.165) is 31.7 Å². The lowest BCUT2D eigenvalue weighted by atomic mass is 9.92. The highest BCUT2D eigenvalue weighted by atomic mass is 16.5. The maximum Gasteiger partial charge on any atom is 0.223 e. The van der Waals surface area contributed by atoms with Gasteiger partial charge in [-0.3, -0.25) is 9.78 Å². The molecule has 1 aliphatic heterocycles. The average molecular weight is 320 g/mol. The number of amides is 1. The number of ether oxygens (including phenoxy) is 1. The van der Waals surface area contributed by atoms with E-state index in [4.69, 9.17) is 9.72 Å². The van der Waals surface area contributed by atoms with E-state index in [-0.39, 0.29) is 11.8 Å². The molecule has 0 aliphatic carbocycles. The molecule has 23 heavy (non-hydrogen) atoms. The minimum Gasteiger partial charge on any atom is -0.388 e. The third-order valence-corrected chi connectivity index (χ3v) is 4.24. The van der Waals surface area contributed by atoms with Crippen molar-refractivity contribution in [2.24, 2.45) is 5.92 Å². The zero-order valence-corrected chi connectivity index (χ0v) is 14.5. The highest BCUT2D eigenvalue weighted by Crippen LogP contribution is 2.29. The highest BCUT2D eigenvalue weighted by Gasteiger charge is 2.32. The smallest absolute Gasteiger partial charge is 0.223 e. The number of carbonyl (C=O) groups excluding carboxylic acids is 1. The Balaban J connectivity index is 2.26. The molecule has 1 atom stereocenters. The van der Waals surface area contributed by atoms with Crippen LogP contribution in [0.25, 0.3) is 0 Å². The molecule has 2 heterocycles. The monoisotopic (exact) mass is 320 g/mol. The van der Waals surface area contributed by atoms with Gasteiger partial charge in [-0.05, 0) is 38.8 Å². The number of aliphatic hydroxyl groups is 1. The number of aromatic nitrogens is 1. The van der Waals surface area contributed by atoms with E-state index in [0.29, 0.717) is 11.6 Å². The van der Waals surface area contributed by atoms with Crippen LogP contribution in [0.2, 0.25) is 0 Å². The fourth-order valence-corrected chi connectivity index (χ4v) is 2.77. The zero-order chi connectivity index (χ0) is 17.0. The van der Waals surface area contributed by atoms with Crippen molar-refractivity contribution in [1.29, 1.82) is 0 Å². The molecule has 1 unspecified atom stereocenters. The van der Waals surface area contributed by atoms with Gasteiger partial charge in [-0.25, -0.2) is 0 Å². The number of hydrogen-bond acceptors (Lipinski definition) is 4. The molecule has 2 N–H and O–H groups in total. The van der Waals surface area contributed by atoms with Crippen molar-refractivity contribution in [1.82, 2.24) is 10.3 Å². The summed E-state index contributed by atoms with van der Waals surface area (Å²) in [6.45, 7) is 8.58. The van der Waals surface area contributed by atoms with E-state index in [2.05, 4.69) is 5.32 Å². The molecule has 1 saturated heterocycles. The molecule has 2 rings (SSSR count). The Bertz CT molecular complexity index is 531. The lowest BCUT2D eigenvalue weighted by Gasteiger charge is -2.31. The second-order valence-corrected chi connectivity index (χ2v) is 7.12. The summed E-state index contributed by atoms with van der Waals surface area (Å²) in [5.74, 6) is 0.154. The number of rotatable bonds is 5. The van der Waals surface area contributed by atoms with Crippen LogP contribution in [0.1, 0.15) is 63.9 Å². The molecule has 5 heteroatoms. The van der Waals surface area contributed by atoms with Crippen molar-refractivity contribution >= 4 is 5.91 Å². The molecule has 1 amide bonds. The van der Waals surface area contributed by atoms with Crippen LogP contribution >= 0.6 is 0 Å². The molecule has 1 aromatic rings. The van der Waals surface area contributed by atoms with Gasteiger partial charge in [-0.1, -0.05) is 19.9 Å². The summed E-state index contributed by atoms with van der Waals surface area (Å²) in [6.07, 6.45) is 1.92. The van der Waals surface area contributed by atoms with E-state index in [1.165, 1.54) is 0 Å². The SMILES string of the molecule is CC(C)C(=O)NC(c1cccc(C2CCOCC2)n1)C(C)(C)O. The van der Waals surface area contributed by atoms with Gasteiger partial charge in [0.2, 0.25) is 5.91 Å². The first-order valence-corrected chi connectivity index (χ1v) is 8.36. The molecule has 0 saturated carbocycles. The average Bonchev–Trinajstić information content (AvgIpc) is 2.52.